The van der Waals surface area contributed by atoms with Gasteiger partial charge in [0.25, 0.3) is 5.91 Å². The molecule has 0 spiro atoms. The van der Waals surface area contributed by atoms with Crippen LogP contribution in [0.3, 0.4) is 0 Å². The van der Waals surface area contributed by atoms with E-state index in [1.807, 2.05) is 11.8 Å². The van der Waals surface area contributed by atoms with E-state index in [1.54, 1.807) is 37.6 Å². The van der Waals surface area contributed by atoms with Crippen molar-refractivity contribution in [2.45, 2.75) is 25.7 Å². The molecule has 1 aliphatic rings. The number of hydrogen-bond acceptors (Lipinski definition) is 4. The molecule has 3 N–H and O–H groups in total. The molecule has 2 aromatic rings. The quantitative estimate of drug-likeness (QED) is 0.752. The van der Waals surface area contributed by atoms with E-state index < -0.39 is 0 Å². The number of likely N-dealkylation sites (tertiary alicyclic amines) is 1. The first-order valence-corrected chi connectivity index (χ1v) is 9.13. The van der Waals surface area contributed by atoms with Crippen molar-refractivity contribution in [3.8, 4) is 5.75 Å². The molecule has 0 radical (unpaired) electrons. The molecule has 144 valence electrons. The lowest BCUT2D eigenvalue weighted by molar-refractivity contribution is 0.102. The molecular formula is C19H25N5O3. The number of aromatic amines is 1. The molecule has 1 aromatic carbocycles. The van der Waals surface area contributed by atoms with Gasteiger partial charge < -0.3 is 20.3 Å². The Morgan fingerprint density at radius 3 is 2.81 bits per heavy atom. The molecular weight excluding hydrogens is 346 g/mol. The number of amides is 3. The summed E-state index contributed by atoms with van der Waals surface area (Å²) in [5, 5.41) is 12.9. The number of benzene rings is 1. The number of aromatic nitrogens is 2. The summed E-state index contributed by atoms with van der Waals surface area (Å²) >= 11 is 0. The molecule has 1 unspecified atom stereocenters. The smallest absolute Gasteiger partial charge is 0.317 e. The lowest BCUT2D eigenvalue weighted by atomic mass is 9.94. The molecule has 3 amide bonds. The molecule has 1 fully saturated rings. The van der Waals surface area contributed by atoms with Gasteiger partial charge in [0.2, 0.25) is 0 Å². The first-order valence-electron chi connectivity index (χ1n) is 9.13. The van der Waals surface area contributed by atoms with Gasteiger partial charge in [-0.2, -0.15) is 5.10 Å². The molecule has 0 bridgehead atoms. The molecule has 0 saturated carbocycles. The summed E-state index contributed by atoms with van der Waals surface area (Å²) in [4.78, 5) is 26.5. The zero-order valence-electron chi connectivity index (χ0n) is 15.6. The summed E-state index contributed by atoms with van der Waals surface area (Å²) in [6.07, 6.45) is 3.46. The normalized spacial score (nSPS) is 16.7. The van der Waals surface area contributed by atoms with Crippen LogP contribution in [0.5, 0.6) is 5.75 Å². The van der Waals surface area contributed by atoms with Gasteiger partial charge in [-0.25, -0.2) is 4.79 Å². The van der Waals surface area contributed by atoms with Gasteiger partial charge in [-0.05, 0) is 44.0 Å². The Bertz CT molecular complexity index is 787. The summed E-state index contributed by atoms with van der Waals surface area (Å²) in [7, 11) is 1.58. The van der Waals surface area contributed by atoms with E-state index in [2.05, 4.69) is 20.8 Å². The largest absolute Gasteiger partial charge is 0.497 e. The van der Waals surface area contributed by atoms with E-state index in [4.69, 9.17) is 4.74 Å². The van der Waals surface area contributed by atoms with Crippen molar-refractivity contribution in [2.24, 2.45) is 0 Å². The third-order valence-corrected chi connectivity index (χ3v) is 4.71. The van der Waals surface area contributed by atoms with Gasteiger partial charge in [0.1, 0.15) is 5.75 Å². The number of ether oxygens (including phenoxy) is 1. The van der Waals surface area contributed by atoms with E-state index in [0.717, 1.165) is 25.1 Å². The molecule has 8 heteroatoms. The maximum absolute atomic E-state index is 12.5. The van der Waals surface area contributed by atoms with Gasteiger partial charge >= 0.3 is 6.03 Å². The highest BCUT2D eigenvalue weighted by molar-refractivity contribution is 6.04. The maximum Gasteiger partial charge on any atom is 0.317 e. The molecule has 2 heterocycles. The van der Waals surface area contributed by atoms with Crippen LogP contribution < -0.4 is 15.4 Å². The molecule has 0 aliphatic carbocycles. The summed E-state index contributed by atoms with van der Waals surface area (Å²) in [5.41, 5.74) is 2.04. The zero-order chi connectivity index (χ0) is 19.2. The number of anilines is 1. The summed E-state index contributed by atoms with van der Waals surface area (Å²) < 4.78 is 5.12. The highest BCUT2D eigenvalue weighted by Crippen LogP contribution is 2.30. The van der Waals surface area contributed by atoms with Crippen LogP contribution in [0.25, 0.3) is 0 Å². The average molecular weight is 371 g/mol. The second kappa shape index (κ2) is 8.57. The lowest BCUT2D eigenvalue weighted by Gasteiger charge is -2.32. The Morgan fingerprint density at radius 2 is 2.11 bits per heavy atom. The molecule has 1 aromatic heterocycles. The fourth-order valence-corrected chi connectivity index (χ4v) is 3.30. The van der Waals surface area contributed by atoms with E-state index in [0.29, 0.717) is 30.1 Å². The van der Waals surface area contributed by atoms with Crippen LogP contribution in [-0.2, 0) is 0 Å². The SMILES string of the molecule is CCNC(=O)N1CCCC(c2[nH]ncc2NC(=O)c2ccc(OC)cc2)C1. The Balaban J connectivity index is 1.69. The molecule has 1 saturated heterocycles. The Kier molecular flexibility index (Phi) is 5.95. The summed E-state index contributed by atoms with van der Waals surface area (Å²) in [6, 6.07) is 6.87. The molecule has 8 nitrogen and oxygen atoms in total. The van der Waals surface area contributed by atoms with E-state index >= 15 is 0 Å². The molecule has 1 atom stereocenters. The number of H-pyrrole nitrogens is 1. The monoisotopic (exact) mass is 371 g/mol. The van der Waals surface area contributed by atoms with Gasteiger partial charge in [0, 0.05) is 31.1 Å². The fourth-order valence-electron chi connectivity index (χ4n) is 3.30. The molecule has 3 rings (SSSR count). The second-order valence-corrected chi connectivity index (χ2v) is 6.50. The van der Waals surface area contributed by atoms with Crippen molar-refractivity contribution in [3.63, 3.8) is 0 Å². The first kappa shape index (κ1) is 18.8. The van der Waals surface area contributed by atoms with Crippen molar-refractivity contribution < 1.29 is 14.3 Å². The number of urea groups is 1. The summed E-state index contributed by atoms with van der Waals surface area (Å²) in [6.45, 7) is 3.84. The second-order valence-electron chi connectivity index (χ2n) is 6.50. The Hall–Kier alpha value is -3.03. The minimum atomic E-state index is -0.211. The van der Waals surface area contributed by atoms with Crippen LogP contribution in [0.4, 0.5) is 10.5 Å². The maximum atomic E-state index is 12.5. The number of nitrogens with one attached hydrogen (secondary N) is 3. The van der Waals surface area contributed by atoms with Crippen LogP contribution in [-0.4, -0.2) is 53.8 Å². The molecule has 1 aliphatic heterocycles. The van der Waals surface area contributed by atoms with Gasteiger partial charge in [-0.1, -0.05) is 0 Å². The highest BCUT2D eigenvalue weighted by Gasteiger charge is 2.27. The predicted molar refractivity (Wildman–Crippen MR) is 102 cm³/mol. The topological polar surface area (TPSA) is 99.4 Å². The van der Waals surface area contributed by atoms with Crippen molar-refractivity contribution in [1.82, 2.24) is 20.4 Å². The average Bonchev–Trinajstić information content (AvgIpc) is 3.16. The third kappa shape index (κ3) is 4.39. The molecule has 27 heavy (non-hydrogen) atoms. The van der Waals surface area contributed by atoms with Crippen LogP contribution >= 0.6 is 0 Å². The van der Waals surface area contributed by atoms with Crippen molar-refractivity contribution in [2.75, 3.05) is 32.1 Å². The van der Waals surface area contributed by atoms with E-state index in [9.17, 15) is 9.59 Å². The van der Waals surface area contributed by atoms with E-state index in [1.165, 1.54) is 0 Å². The first-order chi connectivity index (χ1) is 13.1. The number of methoxy groups -OCH3 is 1. The van der Waals surface area contributed by atoms with Crippen molar-refractivity contribution >= 4 is 17.6 Å². The van der Waals surface area contributed by atoms with Crippen molar-refractivity contribution in [1.29, 1.82) is 0 Å². The highest BCUT2D eigenvalue weighted by atomic mass is 16.5. The number of piperidine rings is 1. The Labute approximate surface area is 158 Å². The predicted octanol–water partition coefficient (Wildman–Crippen LogP) is 2.58. The van der Waals surface area contributed by atoms with Gasteiger partial charge in [0.15, 0.2) is 0 Å². The third-order valence-electron chi connectivity index (χ3n) is 4.71. The van der Waals surface area contributed by atoms with Crippen LogP contribution in [0.1, 0.15) is 41.7 Å². The van der Waals surface area contributed by atoms with Crippen LogP contribution in [0.2, 0.25) is 0 Å². The van der Waals surface area contributed by atoms with Crippen LogP contribution in [0, 0.1) is 0 Å². The van der Waals surface area contributed by atoms with Gasteiger partial charge in [-0.15, -0.1) is 0 Å². The van der Waals surface area contributed by atoms with Crippen LogP contribution in [0.15, 0.2) is 30.5 Å². The Morgan fingerprint density at radius 1 is 1.33 bits per heavy atom. The zero-order valence-corrected chi connectivity index (χ0v) is 15.6. The van der Waals surface area contributed by atoms with Gasteiger partial charge in [-0.3, -0.25) is 9.89 Å². The number of carbonyl (C=O) groups is 2. The lowest BCUT2D eigenvalue weighted by Crippen LogP contribution is -2.45. The van der Waals surface area contributed by atoms with E-state index in [-0.39, 0.29) is 17.9 Å². The standard InChI is InChI=1S/C19H25N5O3/c1-3-20-19(26)24-10-4-5-14(12-24)17-16(11-21-23-17)22-18(25)13-6-8-15(27-2)9-7-13/h6-9,11,14H,3-5,10,12H2,1-2H3,(H,20,26)(H,21,23)(H,22,25). The van der Waals surface area contributed by atoms with Crippen molar-refractivity contribution in [3.05, 3.63) is 41.7 Å². The minimum Gasteiger partial charge on any atom is -0.497 e. The number of nitrogens with zero attached hydrogens (tertiary/aromatic N) is 2. The number of hydrogen-bond donors (Lipinski definition) is 3. The number of rotatable bonds is 5. The number of carbonyl (C=O) groups excluding carboxylic acids is 2. The summed E-state index contributed by atoms with van der Waals surface area (Å²) in [5.74, 6) is 0.593. The minimum absolute atomic E-state index is 0.0504. The van der Waals surface area contributed by atoms with Gasteiger partial charge in [0.05, 0.1) is 24.7 Å². The fraction of sp³-hybridized carbons (Fsp3) is 0.421.